The number of anilines is 1. The van der Waals surface area contributed by atoms with Crippen LogP contribution in [0.1, 0.15) is 29.7 Å². The summed E-state index contributed by atoms with van der Waals surface area (Å²) in [7, 11) is 1.60. The summed E-state index contributed by atoms with van der Waals surface area (Å²) >= 11 is 1.21. The Bertz CT molecular complexity index is 917. The predicted octanol–water partition coefficient (Wildman–Crippen LogP) is 2.98. The van der Waals surface area contributed by atoms with Crippen molar-refractivity contribution in [3.63, 3.8) is 0 Å². The van der Waals surface area contributed by atoms with Gasteiger partial charge in [-0.25, -0.2) is 4.98 Å². The van der Waals surface area contributed by atoms with E-state index in [1.54, 1.807) is 12.5 Å². The molecule has 2 heterocycles. The van der Waals surface area contributed by atoms with Gasteiger partial charge in [0.1, 0.15) is 11.4 Å². The topological polar surface area (TPSA) is 107 Å². The van der Waals surface area contributed by atoms with Crippen LogP contribution >= 0.6 is 11.3 Å². The van der Waals surface area contributed by atoms with Gasteiger partial charge in [-0.3, -0.25) is 9.59 Å². The van der Waals surface area contributed by atoms with Gasteiger partial charge in [0.25, 0.3) is 0 Å². The molecule has 0 aliphatic heterocycles. The highest BCUT2D eigenvalue weighted by atomic mass is 32.1. The first-order chi connectivity index (χ1) is 12.5. The van der Waals surface area contributed by atoms with Gasteiger partial charge in [-0.1, -0.05) is 5.16 Å². The molecule has 0 spiro atoms. The monoisotopic (exact) mass is 372 g/mol. The number of ether oxygens (including phenoxy) is 1. The van der Waals surface area contributed by atoms with Gasteiger partial charge in [-0.15, -0.1) is 11.3 Å². The van der Waals surface area contributed by atoms with Crippen molar-refractivity contribution in [1.82, 2.24) is 15.1 Å². The van der Waals surface area contributed by atoms with Gasteiger partial charge in [0.05, 0.1) is 7.11 Å². The molecule has 8 nitrogen and oxygen atoms in total. The molecule has 2 aromatic heterocycles. The first-order valence-corrected chi connectivity index (χ1v) is 8.66. The first kappa shape index (κ1) is 17.7. The van der Waals surface area contributed by atoms with Crippen LogP contribution in [0.25, 0.3) is 11.4 Å². The number of hydrogen-bond donors (Lipinski definition) is 1. The smallest absolute Gasteiger partial charge is 0.227 e. The molecular formula is C17H16N4O4S. The van der Waals surface area contributed by atoms with E-state index in [2.05, 4.69) is 20.4 Å². The molecule has 134 valence electrons. The third kappa shape index (κ3) is 4.31. The molecule has 0 radical (unpaired) electrons. The Hall–Kier alpha value is -3.07. The highest BCUT2D eigenvalue weighted by Crippen LogP contribution is 2.20. The quantitative estimate of drug-likeness (QED) is 0.635. The van der Waals surface area contributed by atoms with Crippen LogP contribution < -0.4 is 10.1 Å². The Kier molecular flexibility index (Phi) is 5.37. The average molecular weight is 372 g/mol. The fourth-order valence-corrected chi connectivity index (χ4v) is 2.87. The van der Waals surface area contributed by atoms with Crippen LogP contribution in [0.15, 0.2) is 34.2 Å². The number of nitrogens with one attached hydrogen (secondary N) is 1. The molecule has 1 N–H and O–H groups in total. The van der Waals surface area contributed by atoms with Crippen molar-refractivity contribution < 1.29 is 18.8 Å². The number of ketones is 1. The number of carbonyl (C=O) groups is 2. The number of amides is 1. The zero-order chi connectivity index (χ0) is 18.5. The summed E-state index contributed by atoms with van der Waals surface area (Å²) in [5, 5.41) is 8.57. The summed E-state index contributed by atoms with van der Waals surface area (Å²) in [5.74, 6) is 1.19. The number of methoxy groups -OCH3 is 1. The number of rotatable bonds is 7. The Morgan fingerprint density at radius 1 is 1.23 bits per heavy atom. The molecule has 0 saturated carbocycles. The van der Waals surface area contributed by atoms with Crippen molar-refractivity contribution in [3.05, 3.63) is 41.2 Å². The Morgan fingerprint density at radius 2 is 2.00 bits per heavy atom. The van der Waals surface area contributed by atoms with Crippen LogP contribution in [-0.2, 0) is 11.2 Å². The minimum Gasteiger partial charge on any atom is -0.497 e. The fourth-order valence-electron chi connectivity index (χ4n) is 2.11. The van der Waals surface area contributed by atoms with Crippen LogP contribution in [0.5, 0.6) is 5.75 Å². The van der Waals surface area contributed by atoms with Gasteiger partial charge < -0.3 is 14.6 Å². The van der Waals surface area contributed by atoms with Gasteiger partial charge in [0, 0.05) is 30.7 Å². The molecule has 0 fully saturated rings. The predicted molar refractivity (Wildman–Crippen MR) is 95.4 cm³/mol. The van der Waals surface area contributed by atoms with Crippen molar-refractivity contribution in [1.29, 1.82) is 0 Å². The van der Waals surface area contributed by atoms with E-state index in [0.717, 1.165) is 11.3 Å². The second-order valence-electron chi connectivity index (χ2n) is 5.38. The van der Waals surface area contributed by atoms with Crippen molar-refractivity contribution in [2.75, 3.05) is 12.4 Å². The molecule has 3 aromatic rings. The highest BCUT2D eigenvalue weighted by Gasteiger charge is 2.13. The summed E-state index contributed by atoms with van der Waals surface area (Å²) in [5.41, 5.74) is 1.14. The molecule has 9 heteroatoms. The van der Waals surface area contributed by atoms with Crippen LogP contribution in [0.4, 0.5) is 5.13 Å². The van der Waals surface area contributed by atoms with Crippen LogP contribution in [-0.4, -0.2) is 33.9 Å². The lowest BCUT2D eigenvalue weighted by Crippen LogP contribution is -2.12. The van der Waals surface area contributed by atoms with E-state index in [9.17, 15) is 9.59 Å². The maximum Gasteiger partial charge on any atom is 0.227 e. The number of carbonyl (C=O) groups excluding carboxylic acids is 2. The second kappa shape index (κ2) is 7.87. The molecule has 0 aliphatic carbocycles. The number of nitrogens with zero attached hydrogens (tertiary/aromatic N) is 3. The number of Topliss-reactive ketones (excluding diaryl/α,β-unsaturated/α-hetero) is 1. The zero-order valence-corrected chi connectivity index (χ0v) is 15.0. The third-order valence-electron chi connectivity index (χ3n) is 3.49. The highest BCUT2D eigenvalue weighted by molar-refractivity contribution is 7.14. The van der Waals surface area contributed by atoms with Gasteiger partial charge >= 0.3 is 0 Å². The van der Waals surface area contributed by atoms with E-state index in [1.165, 1.54) is 18.3 Å². The summed E-state index contributed by atoms with van der Waals surface area (Å²) in [4.78, 5) is 31.5. The van der Waals surface area contributed by atoms with E-state index in [4.69, 9.17) is 9.26 Å². The first-order valence-electron chi connectivity index (χ1n) is 7.78. The summed E-state index contributed by atoms with van der Waals surface area (Å²) in [6.45, 7) is 1.43. The Balaban J connectivity index is 1.55. The van der Waals surface area contributed by atoms with E-state index < -0.39 is 0 Å². The summed E-state index contributed by atoms with van der Waals surface area (Å²) < 4.78 is 10.3. The molecule has 3 rings (SSSR count). The third-order valence-corrected chi connectivity index (χ3v) is 4.25. The lowest BCUT2D eigenvalue weighted by atomic mass is 10.2. The number of aryl methyl sites for hydroxylation is 1. The molecule has 0 atom stereocenters. The minimum atomic E-state index is -0.237. The van der Waals surface area contributed by atoms with Gasteiger partial charge in [0.15, 0.2) is 10.9 Å². The Morgan fingerprint density at radius 3 is 2.65 bits per heavy atom. The Labute approximate surface area is 153 Å². The summed E-state index contributed by atoms with van der Waals surface area (Å²) in [6.07, 6.45) is 0.471. The van der Waals surface area contributed by atoms with Crippen molar-refractivity contribution in [2.45, 2.75) is 19.8 Å². The maximum atomic E-state index is 12.0. The standard InChI is InChI=1S/C17H16N4O4S/c1-10(22)13-9-26-17(18-13)19-14(23)7-8-15-20-16(21-25-15)11-3-5-12(24-2)6-4-11/h3-6,9H,7-8H2,1-2H3,(H,18,19,23). The number of aromatic nitrogens is 3. The molecule has 0 saturated heterocycles. The number of benzene rings is 1. The van der Waals surface area contributed by atoms with E-state index in [-0.39, 0.29) is 18.1 Å². The lowest BCUT2D eigenvalue weighted by molar-refractivity contribution is -0.116. The minimum absolute atomic E-state index is 0.140. The SMILES string of the molecule is COc1ccc(-c2noc(CCC(=O)Nc3nc(C(C)=O)cs3)n2)cc1. The normalized spacial score (nSPS) is 10.5. The van der Waals surface area contributed by atoms with Crippen LogP contribution in [0, 0.1) is 0 Å². The molecule has 1 aromatic carbocycles. The van der Waals surface area contributed by atoms with Gasteiger partial charge in [-0.2, -0.15) is 4.98 Å². The molecular weight excluding hydrogens is 356 g/mol. The number of thiazole rings is 1. The van der Waals surface area contributed by atoms with Crippen molar-refractivity contribution in [3.8, 4) is 17.1 Å². The lowest BCUT2D eigenvalue weighted by Gasteiger charge is -1.99. The fraction of sp³-hybridized carbons (Fsp3) is 0.235. The summed E-state index contributed by atoms with van der Waals surface area (Å²) in [6, 6.07) is 7.27. The van der Waals surface area contributed by atoms with Gasteiger partial charge in [0.2, 0.25) is 17.6 Å². The van der Waals surface area contributed by atoms with E-state index >= 15 is 0 Å². The average Bonchev–Trinajstić information content (AvgIpc) is 3.29. The molecule has 26 heavy (non-hydrogen) atoms. The largest absolute Gasteiger partial charge is 0.497 e. The van der Waals surface area contributed by atoms with Crippen molar-refractivity contribution >= 4 is 28.2 Å². The molecule has 0 unspecified atom stereocenters. The number of hydrogen-bond acceptors (Lipinski definition) is 8. The molecule has 1 amide bonds. The van der Waals surface area contributed by atoms with Crippen LogP contribution in [0.2, 0.25) is 0 Å². The van der Waals surface area contributed by atoms with Crippen molar-refractivity contribution in [2.24, 2.45) is 0 Å². The van der Waals surface area contributed by atoms with Gasteiger partial charge in [-0.05, 0) is 24.3 Å². The zero-order valence-electron chi connectivity index (χ0n) is 14.2. The molecule has 0 aliphatic rings. The van der Waals surface area contributed by atoms with E-state index in [1.807, 2.05) is 24.3 Å². The maximum absolute atomic E-state index is 12.0. The second-order valence-corrected chi connectivity index (χ2v) is 6.24. The van der Waals surface area contributed by atoms with E-state index in [0.29, 0.717) is 29.0 Å². The molecule has 0 bridgehead atoms. The van der Waals surface area contributed by atoms with Crippen LogP contribution in [0.3, 0.4) is 0 Å².